The number of nitrogens with two attached hydrogens (primary N) is 1. The molecule has 74 valence electrons. The Kier molecular flexibility index (Phi) is 1.70. The molecule has 0 atom stereocenters. The molecular formula is C10H14N4. The zero-order valence-corrected chi connectivity index (χ0v) is 8.03. The van der Waals surface area contributed by atoms with Gasteiger partial charge in [-0.25, -0.2) is 9.97 Å². The minimum Gasteiger partial charge on any atom is -0.384 e. The third-order valence-electron chi connectivity index (χ3n) is 2.93. The minimum absolute atomic E-state index is 0.554. The summed E-state index contributed by atoms with van der Waals surface area (Å²) in [6, 6.07) is 1.91. The van der Waals surface area contributed by atoms with Crippen LogP contribution < -0.4 is 11.1 Å². The fourth-order valence-electron chi connectivity index (χ4n) is 1.74. The molecule has 1 aromatic rings. The van der Waals surface area contributed by atoms with E-state index in [4.69, 9.17) is 5.73 Å². The lowest BCUT2D eigenvalue weighted by Crippen LogP contribution is -2.40. The summed E-state index contributed by atoms with van der Waals surface area (Å²) in [5.41, 5.74) is 6.89. The standard InChI is InChI=1S/C10H14N4/c11-9-3-8(7-4-12-5-7)13-10(14-9)6-1-2-6/h3,6-7,12H,1-2,4-5H2,(H2,11,13,14). The normalized spacial score (nSPS) is 22.0. The van der Waals surface area contributed by atoms with Crippen molar-refractivity contribution >= 4 is 5.82 Å². The number of hydrogen-bond donors (Lipinski definition) is 2. The van der Waals surface area contributed by atoms with E-state index in [9.17, 15) is 0 Å². The van der Waals surface area contributed by atoms with Crippen LogP contribution in [0.25, 0.3) is 0 Å². The Bertz CT molecular complexity index is 355. The zero-order chi connectivity index (χ0) is 9.54. The lowest BCUT2D eigenvalue weighted by Gasteiger charge is -2.26. The molecule has 14 heavy (non-hydrogen) atoms. The van der Waals surface area contributed by atoms with Crippen LogP contribution in [0.1, 0.15) is 36.2 Å². The van der Waals surface area contributed by atoms with Crippen LogP contribution in [0, 0.1) is 0 Å². The van der Waals surface area contributed by atoms with Gasteiger partial charge in [-0.1, -0.05) is 0 Å². The molecule has 3 N–H and O–H groups in total. The topological polar surface area (TPSA) is 63.8 Å². The highest BCUT2D eigenvalue weighted by Crippen LogP contribution is 2.38. The smallest absolute Gasteiger partial charge is 0.134 e. The average Bonchev–Trinajstić information content (AvgIpc) is 2.80. The van der Waals surface area contributed by atoms with Gasteiger partial charge in [0.1, 0.15) is 11.6 Å². The third kappa shape index (κ3) is 1.35. The van der Waals surface area contributed by atoms with E-state index in [-0.39, 0.29) is 0 Å². The first-order chi connectivity index (χ1) is 6.83. The van der Waals surface area contributed by atoms with Gasteiger partial charge >= 0.3 is 0 Å². The molecule has 0 spiro atoms. The fraction of sp³-hybridized carbons (Fsp3) is 0.600. The third-order valence-corrected chi connectivity index (χ3v) is 2.93. The zero-order valence-electron chi connectivity index (χ0n) is 8.03. The molecule has 4 nitrogen and oxygen atoms in total. The van der Waals surface area contributed by atoms with Gasteiger partial charge in [0.2, 0.25) is 0 Å². The quantitative estimate of drug-likeness (QED) is 0.717. The molecule has 3 rings (SSSR count). The molecule has 0 unspecified atom stereocenters. The highest BCUT2D eigenvalue weighted by atomic mass is 15.0. The molecule has 0 bridgehead atoms. The van der Waals surface area contributed by atoms with Crippen molar-refractivity contribution < 1.29 is 0 Å². The molecule has 2 aliphatic rings. The van der Waals surface area contributed by atoms with Gasteiger partial charge in [-0.3, -0.25) is 0 Å². The second-order valence-corrected chi connectivity index (χ2v) is 4.21. The average molecular weight is 190 g/mol. The first-order valence-corrected chi connectivity index (χ1v) is 5.18. The molecule has 0 aromatic carbocycles. The van der Waals surface area contributed by atoms with Gasteiger partial charge in [0.05, 0.1) is 5.69 Å². The molecule has 0 amide bonds. The van der Waals surface area contributed by atoms with Crippen LogP contribution in [0.5, 0.6) is 0 Å². The maximum Gasteiger partial charge on any atom is 0.134 e. The number of aromatic nitrogens is 2. The lowest BCUT2D eigenvalue weighted by molar-refractivity contribution is 0.438. The summed E-state index contributed by atoms with van der Waals surface area (Å²) in [5.74, 6) is 2.73. The number of nitrogen functional groups attached to an aromatic ring is 1. The van der Waals surface area contributed by atoms with Crippen molar-refractivity contribution in [1.29, 1.82) is 0 Å². The molecule has 1 aromatic heterocycles. The maximum absolute atomic E-state index is 5.77. The summed E-state index contributed by atoms with van der Waals surface area (Å²) >= 11 is 0. The van der Waals surface area contributed by atoms with E-state index in [1.165, 1.54) is 12.8 Å². The Morgan fingerprint density at radius 2 is 2.00 bits per heavy atom. The van der Waals surface area contributed by atoms with Crippen LogP contribution >= 0.6 is 0 Å². The molecule has 1 saturated heterocycles. The summed E-state index contributed by atoms with van der Waals surface area (Å²) in [6.45, 7) is 2.06. The Balaban J connectivity index is 1.93. The second-order valence-electron chi connectivity index (χ2n) is 4.21. The van der Waals surface area contributed by atoms with E-state index in [1.54, 1.807) is 0 Å². The Morgan fingerprint density at radius 1 is 1.21 bits per heavy atom. The summed E-state index contributed by atoms with van der Waals surface area (Å²) in [4.78, 5) is 8.87. The summed E-state index contributed by atoms with van der Waals surface area (Å²) in [5, 5.41) is 3.24. The molecule has 1 aliphatic heterocycles. The van der Waals surface area contributed by atoms with E-state index in [1.807, 2.05) is 6.07 Å². The van der Waals surface area contributed by atoms with Crippen LogP contribution in [0.2, 0.25) is 0 Å². The van der Waals surface area contributed by atoms with E-state index in [0.29, 0.717) is 17.7 Å². The first kappa shape index (κ1) is 8.17. The number of nitrogens with zero attached hydrogens (tertiary/aromatic N) is 2. The van der Waals surface area contributed by atoms with E-state index < -0.39 is 0 Å². The van der Waals surface area contributed by atoms with Crippen molar-refractivity contribution in [2.75, 3.05) is 18.8 Å². The summed E-state index contributed by atoms with van der Waals surface area (Å²) in [7, 11) is 0. The van der Waals surface area contributed by atoms with Crippen LogP contribution in [0.4, 0.5) is 5.82 Å². The van der Waals surface area contributed by atoms with Crippen molar-refractivity contribution in [3.05, 3.63) is 17.6 Å². The van der Waals surface area contributed by atoms with Gasteiger partial charge in [-0.05, 0) is 12.8 Å². The number of nitrogens with one attached hydrogen (secondary N) is 1. The SMILES string of the molecule is Nc1cc(C2CNC2)nc(C2CC2)n1. The van der Waals surface area contributed by atoms with Crippen LogP contribution in [0.3, 0.4) is 0 Å². The van der Waals surface area contributed by atoms with Crippen LogP contribution in [0.15, 0.2) is 6.07 Å². The molecular weight excluding hydrogens is 176 g/mol. The van der Waals surface area contributed by atoms with Crippen LogP contribution in [-0.2, 0) is 0 Å². The second kappa shape index (κ2) is 2.92. The van der Waals surface area contributed by atoms with Gasteiger partial charge in [0.25, 0.3) is 0 Å². The van der Waals surface area contributed by atoms with Crippen molar-refractivity contribution in [1.82, 2.24) is 15.3 Å². The maximum atomic E-state index is 5.77. The van der Waals surface area contributed by atoms with Crippen LogP contribution in [-0.4, -0.2) is 23.1 Å². The van der Waals surface area contributed by atoms with Gasteiger partial charge in [-0.15, -0.1) is 0 Å². The van der Waals surface area contributed by atoms with Crippen molar-refractivity contribution in [3.8, 4) is 0 Å². The van der Waals surface area contributed by atoms with E-state index in [0.717, 1.165) is 24.6 Å². The summed E-state index contributed by atoms with van der Waals surface area (Å²) < 4.78 is 0. The predicted molar refractivity (Wildman–Crippen MR) is 54.0 cm³/mol. The predicted octanol–water partition coefficient (Wildman–Crippen LogP) is 0.623. The monoisotopic (exact) mass is 190 g/mol. The summed E-state index contributed by atoms with van der Waals surface area (Å²) in [6.07, 6.45) is 2.46. The molecule has 2 heterocycles. The van der Waals surface area contributed by atoms with Crippen molar-refractivity contribution in [3.63, 3.8) is 0 Å². The van der Waals surface area contributed by atoms with E-state index >= 15 is 0 Å². The highest BCUT2D eigenvalue weighted by Gasteiger charge is 2.29. The molecule has 1 saturated carbocycles. The van der Waals surface area contributed by atoms with Gasteiger partial charge in [-0.2, -0.15) is 0 Å². The molecule has 0 radical (unpaired) electrons. The van der Waals surface area contributed by atoms with Crippen molar-refractivity contribution in [2.24, 2.45) is 0 Å². The minimum atomic E-state index is 0.554. The van der Waals surface area contributed by atoms with Crippen molar-refractivity contribution in [2.45, 2.75) is 24.7 Å². The van der Waals surface area contributed by atoms with Gasteiger partial charge in [0.15, 0.2) is 0 Å². The Labute approximate surface area is 82.9 Å². The molecule has 4 heteroatoms. The van der Waals surface area contributed by atoms with Gasteiger partial charge in [0, 0.05) is 31.0 Å². The Morgan fingerprint density at radius 3 is 2.57 bits per heavy atom. The first-order valence-electron chi connectivity index (χ1n) is 5.18. The number of anilines is 1. The number of rotatable bonds is 2. The largest absolute Gasteiger partial charge is 0.384 e. The van der Waals surface area contributed by atoms with E-state index in [2.05, 4.69) is 15.3 Å². The highest BCUT2D eigenvalue weighted by molar-refractivity contribution is 5.33. The number of hydrogen-bond acceptors (Lipinski definition) is 4. The van der Waals surface area contributed by atoms with Gasteiger partial charge < -0.3 is 11.1 Å². The Hall–Kier alpha value is -1.16. The molecule has 2 fully saturated rings. The molecule has 1 aliphatic carbocycles. The lowest BCUT2D eigenvalue weighted by atomic mass is 9.99. The fourth-order valence-corrected chi connectivity index (χ4v) is 1.74.